The quantitative estimate of drug-likeness (QED) is 0.421. The molecule has 0 saturated carbocycles. The van der Waals surface area contributed by atoms with Crippen molar-refractivity contribution in [1.29, 1.82) is 0 Å². The lowest BCUT2D eigenvalue weighted by molar-refractivity contribution is -0.145. The van der Waals surface area contributed by atoms with E-state index in [1.54, 1.807) is 4.90 Å². The molecular weight excluding hydrogens is 340 g/mol. The zero-order valence-electron chi connectivity index (χ0n) is 15.6. The lowest BCUT2D eigenvalue weighted by Gasteiger charge is -2.38. The van der Waals surface area contributed by atoms with Crippen LogP contribution in [-0.4, -0.2) is 31.1 Å². The predicted octanol–water partition coefficient (Wildman–Crippen LogP) is 3.15. The van der Waals surface area contributed by atoms with Crippen LogP contribution in [0, 0.1) is 5.92 Å². The Balaban J connectivity index is 1.75. The average molecular weight is 366 g/mol. The Hall–Kier alpha value is -2.66. The summed E-state index contributed by atoms with van der Waals surface area (Å²) in [6.07, 6.45) is 2.03. The lowest BCUT2D eigenvalue weighted by Crippen LogP contribution is -2.65. The number of hydrogen-bond donors (Lipinski definition) is 1. The maximum Gasteiger partial charge on any atom is 0.242 e. The highest BCUT2D eigenvalue weighted by Gasteiger charge is 2.46. The highest BCUT2D eigenvalue weighted by atomic mass is 16.5. The van der Waals surface area contributed by atoms with E-state index in [0.717, 1.165) is 24.1 Å². The molecular formula is C22H26N2O3. The molecule has 1 aliphatic rings. The Labute approximate surface area is 160 Å². The molecule has 0 spiro atoms. The van der Waals surface area contributed by atoms with Gasteiger partial charge in [-0.05, 0) is 24.1 Å². The number of anilines is 1. The molecule has 0 unspecified atom stereocenters. The van der Waals surface area contributed by atoms with E-state index in [1.807, 2.05) is 60.7 Å². The second-order valence-corrected chi connectivity index (χ2v) is 6.77. The van der Waals surface area contributed by atoms with Gasteiger partial charge in [-0.25, -0.2) is 0 Å². The first-order chi connectivity index (χ1) is 13.2. The summed E-state index contributed by atoms with van der Waals surface area (Å²) >= 11 is 0. The number of benzene rings is 2. The molecule has 1 fully saturated rings. The van der Waals surface area contributed by atoms with Crippen LogP contribution >= 0.6 is 0 Å². The van der Waals surface area contributed by atoms with Crippen molar-refractivity contribution < 1.29 is 14.3 Å². The largest absolute Gasteiger partial charge is 0.379 e. The molecule has 5 heteroatoms. The van der Waals surface area contributed by atoms with Crippen molar-refractivity contribution in [3.63, 3.8) is 0 Å². The zero-order chi connectivity index (χ0) is 19.1. The van der Waals surface area contributed by atoms with Gasteiger partial charge in [-0.15, -0.1) is 0 Å². The Morgan fingerprint density at radius 2 is 1.74 bits per heavy atom. The smallest absolute Gasteiger partial charge is 0.242 e. The molecule has 0 radical (unpaired) electrons. The van der Waals surface area contributed by atoms with Gasteiger partial charge in [0.05, 0.1) is 19.2 Å². The minimum Gasteiger partial charge on any atom is -0.379 e. The highest BCUT2D eigenvalue weighted by Crippen LogP contribution is 2.25. The van der Waals surface area contributed by atoms with Crippen LogP contribution in [0.15, 0.2) is 60.7 Å². The summed E-state index contributed by atoms with van der Waals surface area (Å²) in [7, 11) is 0. The first kappa shape index (κ1) is 19.1. The number of para-hydroxylation sites is 1. The molecule has 1 N–H and O–H groups in total. The monoisotopic (exact) mass is 366 g/mol. The van der Waals surface area contributed by atoms with Crippen LogP contribution in [0.2, 0.25) is 0 Å². The Kier molecular flexibility index (Phi) is 6.60. The van der Waals surface area contributed by atoms with Crippen molar-refractivity contribution >= 4 is 17.5 Å². The number of β-lactam (4-membered cyclic amide) rings is 1. The number of unbranched alkanes of at least 4 members (excludes halogenated alkanes) is 1. The number of carbonyl (C=O) groups excluding carboxylic acids is 2. The Bertz CT molecular complexity index is 749. The van der Waals surface area contributed by atoms with E-state index in [2.05, 4.69) is 12.2 Å². The zero-order valence-corrected chi connectivity index (χ0v) is 15.6. The van der Waals surface area contributed by atoms with E-state index in [-0.39, 0.29) is 17.9 Å². The first-order valence-corrected chi connectivity index (χ1v) is 9.49. The summed E-state index contributed by atoms with van der Waals surface area (Å²) < 4.78 is 5.62. The Morgan fingerprint density at radius 1 is 1.07 bits per heavy atom. The standard InChI is InChI=1S/C22H26N2O3/c1-2-3-14-27-16-19-20(21(25)23-19)22(26)24(18-12-8-5-9-13-18)15-17-10-6-4-7-11-17/h4-13,19-20H,2-3,14-16H2,1H3,(H,23,25)/t19-,20-/m0/s1. The van der Waals surface area contributed by atoms with Gasteiger partial charge >= 0.3 is 0 Å². The van der Waals surface area contributed by atoms with Gasteiger partial charge in [0.15, 0.2) is 0 Å². The van der Waals surface area contributed by atoms with E-state index in [9.17, 15) is 9.59 Å². The molecule has 0 aromatic heterocycles. The molecule has 2 atom stereocenters. The van der Waals surface area contributed by atoms with Gasteiger partial charge < -0.3 is 15.0 Å². The molecule has 5 nitrogen and oxygen atoms in total. The summed E-state index contributed by atoms with van der Waals surface area (Å²) in [5, 5.41) is 2.81. The minimum atomic E-state index is -0.699. The molecule has 1 heterocycles. The number of carbonyl (C=O) groups is 2. The van der Waals surface area contributed by atoms with Crippen LogP contribution < -0.4 is 10.2 Å². The fourth-order valence-electron chi connectivity index (χ4n) is 3.16. The number of ether oxygens (including phenoxy) is 1. The SMILES string of the molecule is CCCCOC[C@@H]1NC(=O)[C@H]1C(=O)N(Cc1ccccc1)c1ccccc1. The van der Waals surface area contributed by atoms with Crippen LogP contribution in [0.4, 0.5) is 5.69 Å². The summed E-state index contributed by atoms with van der Waals surface area (Å²) in [6.45, 7) is 3.55. The third-order valence-corrected chi connectivity index (χ3v) is 4.74. The van der Waals surface area contributed by atoms with Gasteiger partial charge in [0.2, 0.25) is 11.8 Å². The van der Waals surface area contributed by atoms with Crippen molar-refractivity contribution in [3.8, 4) is 0 Å². The molecule has 2 aromatic rings. The number of nitrogens with zero attached hydrogens (tertiary/aromatic N) is 1. The molecule has 2 aromatic carbocycles. The first-order valence-electron chi connectivity index (χ1n) is 9.49. The third-order valence-electron chi connectivity index (χ3n) is 4.74. The average Bonchev–Trinajstić information content (AvgIpc) is 2.69. The van der Waals surface area contributed by atoms with Gasteiger partial charge in [0.1, 0.15) is 5.92 Å². The van der Waals surface area contributed by atoms with Crippen molar-refractivity contribution in [2.45, 2.75) is 32.4 Å². The maximum absolute atomic E-state index is 13.2. The normalized spacial score (nSPS) is 18.5. The Morgan fingerprint density at radius 3 is 2.37 bits per heavy atom. The van der Waals surface area contributed by atoms with Crippen LogP contribution in [0.3, 0.4) is 0 Å². The second kappa shape index (κ2) is 9.33. The number of nitrogens with one attached hydrogen (secondary N) is 1. The van der Waals surface area contributed by atoms with Crippen LogP contribution in [0.25, 0.3) is 0 Å². The molecule has 1 saturated heterocycles. The molecule has 0 aliphatic carbocycles. The third kappa shape index (κ3) is 4.74. The van der Waals surface area contributed by atoms with Gasteiger partial charge in [-0.2, -0.15) is 0 Å². The summed E-state index contributed by atoms with van der Waals surface area (Å²) in [5.74, 6) is -1.11. The molecule has 0 bridgehead atoms. The van der Waals surface area contributed by atoms with Gasteiger partial charge in [0.25, 0.3) is 0 Å². The van der Waals surface area contributed by atoms with Crippen LogP contribution in [-0.2, 0) is 20.9 Å². The van der Waals surface area contributed by atoms with Crippen molar-refractivity contribution in [2.75, 3.05) is 18.1 Å². The van der Waals surface area contributed by atoms with Crippen molar-refractivity contribution in [2.24, 2.45) is 5.92 Å². The number of amides is 2. The van der Waals surface area contributed by atoms with E-state index in [4.69, 9.17) is 4.74 Å². The lowest BCUT2D eigenvalue weighted by atomic mass is 9.89. The van der Waals surface area contributed by atoms with E-state index in [1.165, 1.54) is 0 Å². The molecule has 1 aliphatic heterocycles. The fourth-order valence-corrected chi connectivity index (χ4v) is 3.16. The molecule has 27 heavy (non-hydrogen) atoms. The van der Waals surface area contributed by atoms with Gasteiger partial charge in [-0.1, -0.05) is 61.9 Å². The number of hydrogen-bond acceptors (Lipinski definition) is 3. The second-order valence-electron chi connectivity index (χ2n) is 6.77. The van der Waals surface area contributed by atoms with E-state index < -0.39 is 5.92 Å². The molecule has 3 rings (SSSR count). The maximum atomic E-state index is 13.2. The molecule has 2 amide bonds. The minimum absolute atomic E-state index is 0.183. The summed E-state index contributed by atoms with van der Waals surface area (Å²) in [6, 6.07) is 19.0. The van der Waals surface area contributed by atoms with Crippen molar-refractivity contribution in [3.05, 3.63) is 66.2 Å². The molecule has 142 valence electrons. The predicted molar refractivity (Wildman–Crippen MR) is 105 cm³/mol. The topological polar surface area (TPSA) is 58.6 Å². The fraction of sp³-hybridized carbons (Fsp3) is 0.364. The van der Waals surface area contributed by atoms with E-state index >= 15 is 0 Å². The number of rotatable bonds is 9. The summed E-state index contributed by atoms with van der Waals surface area (Å²) in [4.78, 5) is 27.1. The van der Waals surface area contributed by atoms with E-state index in [0.29, 0.717) is 19.8 Å². The van der Waals surface area contributed by atoms with Gasteiger partial charge in [-0.3, -0.25) is 9.59 Å². The van der Waals surface area contributed by atoms with Gasteiger partial charge in [0, 0.05) is 12.3 Å². The van der Waals surface area contributed by atoms with Crippen molar-refractivity contribution in [1.82, 2.24) is 5.32 Å². The van der Waals surface area contributed by atoms with Crippen LogP contribution in [0.5, 0.6) is 0 Å². The highest BCUT2D eigenvalue weighted by molar-refractivity contribution is 6.11. The van der Waals surface area contributed by atoms with Crippen LogP contribution in [0.1, 0.15) is 25.3 Å². The summed E-state index contributed by atoms with van der Waals surface area (Å²) in [5.41, 5.74) is 1.81.